The summed E-state index contributed by atoms with van der Waals surface area (Å²) in [5.41, 5.74) is -0.933. The Bertz CT molecular complexity index is 748. The second-order valence-electron chi connectivity index (χ2n) is 8.00. The minimum atomic E-state index is -4.35. The molecule has 0 aliphatic heterocycles. The number of ether oxygens (including phenoxy) is 2. The summed E-state index contributed by atoms with van der Waals surface area (Å²) < 4.78 is 38.7. The molecule has 0 aliphatic carbocycles. The summed E-state index contributed by atoms with van der Waals surface area (Å²) in [4.78, 5) is 24.2. The first kappa shape index (κ1) is 22.9. The molecule has 0 radical (unpaired) electrons. The molecule has 152 valence electrons. The molecule has 0 aromatic heterocycles. The third-order valence-corrected chi connectivity index (χ3v) is 3.92. The number of rotatable bonds is 6. The van der Waals surface area contributed by atoms with Gasteiger partial charge < -0.3 is 9.47 Å². The molecular weight excluding hydrogens is 372 g/mol. The molecule has 2 N–H and O–H groups in total. The average Bonchev–Trinajstić information content (AvgIpc) is 2.42. The molecule has 0 fully saturated rings. The van der Waals surface area contributed by atoms with Gasteiger partial charge in [0.2, 0.25) is 0 Å². The van der Waals surface area contributed by atoms with Crippen molar-refractivity contribution in [2.45, 2.75) is 65.2 Å². The van der Waals surface area contributed by atoms with E-state index in [1.54, 1.807) is 76.6 Å². The van der Waals surface area contributed by atoms with Gasteiger partial charge in [0.25, 0.3) is 0 Å². The van der Waals surface area contributed by atoms with Gasteiger partial charge in [0.1, 0.15) is 17.2 Å². The van der Waals surface area contributed by atoms with Crippen molar-refractivity contribution >= 4 is 22.3 Å². The quantitative estimate of drug-likeness (QED) is 0.709. The van der Waals surface area contributed by atoms with Crippen molar-refractivity contribution in [2.75, 3.05) is 0 Å². The third-order valence-electron chi connectivity index (χ3n) is 2.89. The molecule has 1 rings (SSSR count). The van der Waals surface area contributed by atoms with Crippen LogP contribution < -0.4 is 9.44 Å². The van der Waals surface area contributed by atoms with Crippen molar-refractivity contribution in [2.24, 2.45) is 0 Å². The van der Waals surface area contributed by atoms with E-state index in [1.807, 2.05) is 0 Å². The van der Waals surface area contributed by atoms with Crippen molar-refractivity contribution in [3.8, 4) is 0 Å². The molecule has 8 nitrogen and oxygen atoms in total. The Balaban J connectivity index is 2.94. The van der Waals surface area contributed by atoms with Gasteiger partial charge in [-0.15, -0.1) is 0 Å². The highest BCUT2D eigenvalue weighted by Crippen LogP contribution is 2.12. The van der Waals surface area contributed by atoms with Crippen LogP contribution in [0.2, 0.25) is 0 Å². The summed E-state index contributed by atoms with van der Waals surface area (Å²) in [6, 6.07) is 7.65. The van der Waals surface area contributed by atoms with Gasteiger partial charge in [0.15, 0.2) is 0 Å². The van der Waals surface area contributed by atoms with Gasteiger partial charge in [0, 0.05) is 0 Å². The van der Waals surface area contributed by atoms with E-state index < -0.39 is 39.5 Å². The van der Waals surface area contributed by atoms with Crippen molar-refractivity contribution in [1.29, 1.82) is 0 Å². The fourth-order valence-electron chi connectivity index (χ4n) is 2.02. The normalized spacial score (nSPS) is 13.6. The van der Waals surface area contributed by atoms with Gasteiger partial charge in [0.05, 0.1) is 0 Å². The number of benzene rings is 1. The third kappa shape index (κ3) is 9.95. The fraction of sp³-hybridized carbons (Fsp3) is 0.556. The monoisotopic (exact) mass is 400 g/mol. The van der Waals surface area contributed by atoms with Crippen molar-refractivity contribution in [3.05, 3.63) is 35.9 Å². The van der Waals surface area contributed by atoms with Gasteiger partial charge in [-0.2, -0.15) is 13.1 Å². The van der Waals surface area contributed by atoms with E-state index in [4.69, 9.17) is 9.47 Å². The van der Waals surface area contributed by atoms with Gasteiger partial charge in [-0.1, -0.05) is 30.3 Å². The average molecular weight is 400 g/mol. The minimum Gasteiger partial charge on any atom is -0.459 e. The maximum absolute atomic E-state index is 12.5. The molecule has 1 aromatic carbocycles. The van der Waals surface area contributed by atoms with Crippen LogP contribution in [0.15, 0.2) is 30.3 Å². The van der Waals surface area contributed by atoms with Crippen molar-refractivity contribution in [1.82, 2.24) is 9.44 Å². The first-order valence-electron chi connectivity index (χ1n) is 8.47. The Morgan fingerprint density at radius 1 is 0.963 bits per heavy atom. The first-order chi connectivity index (χ1) is 12.2. The lowest BCUT2D eigenvalue weighted by molar-refractivity contribution is -0.156. The largest absolute Gasteiger partial charge is 0.459 e. The zero-order valence-corrected chi connectivity index (χ0v) is 17.3. The highest BCUT2D eigenvalue weighted by molar-refractivity contribution is 7.88. The van der Waals surface area contributed by atoms with Gasteiger partial charge in [-0.25, -0.2) is 9.52 Å². The SMILES string of the molecule is CC(C)(C)OC(=O)NS(=O)(=O)N[C@@H](Cc1ccccc1)C(=O)OC(C)(C)C. The molecule has 0 aliphatic rings. The summed E-state index contributed by atoms with van der Waals surface area (Å²) in [5, 5.41) is 0. The van der Waals surface area contributed by atoms with Crippen LogP contribution in [0.1, 0.15) is 47.1 Å². The lowest BCUT2D eigenvalue weighted by atomic mass is 10.1. The highest BCUT2D eigenvalue weighted by atomic mass is 32.2. The Kier molecular flexibility index (Phi) is 7.39. The van der Waals surface area contributed by atoms with Gasteiger partial charge in [-0.05, 0) is 53.5 Å². The number of carbonyl (C=O) groups excluding carboxylic acids is 2. The molecule has 0 saturated carbocycles. The van der Waals surface area contributed by atoms with Crippen LogP contribution in [-0.4, -0.2) is 37.7 Å². The lowest BCUT2D eigenvalue weighted by Crippen LogP contribution is -2.51. The Hall–Kier alpha value is -2.13. The molecule has 0 unspecified atom stereocenters. The molecular formula is C18H28N2O6S. The number of amides is 1. The smallest absolute Gasteiger partial charge is 0.422 e. The molecule has 0 spiro atoms. The second kappa shape index (κ2) is 8.71. The predicted molar refractivity (Wildman–Crippen MR) is 101 cm³/mol. The second-order valence-corrected chi connectivity index (χ2v) is 9.45. The zero-order valence-electron chi connectivity index (χ0n) is 16.5. The Labute approximate surface area is 160 Å². The fourth-order valence-corrected chi connectivity index (χ4v) is 2.90. The van der Waals surface area contributed by atoms with Crippen LogP contribution in [0, 0.1) is 0 Å². The maximum Gasteiger partial charge on any atom is 0.422 e. The summed E-state index contributed by atoms with van der Waals surface area (Å²) in [5.74, 6) is -0.749. The van der Waals surface area contributed by atoms with E-state index in [0.29, 0.717) is 0 Å². The minimum absolute atomic E-state index is 0.0605. The number of esters is 1. The lowest BCUT2D eigenvalue weighted by Gasteiger charge is -2.25. The molecule has 1 atom stereocenters. The molecule has 9 heteroatoms. The van der Waals surface area contributed by atoms with E-state index in [9.17, 15) is 18.0 Å². The first-order valence-corrected chi connectivity index (χ1v) is 9.95. The number of hydrogen-bond donors (Lipinski definition) is 2. The maximum atomic E-state index is 12.5. The number of carbonyl (C=O) groups is 2. The van der Waals surface area contributed by atoms with Crippen LogP contribution in [0.25, 0.3) is 0 Å². The van der Waals surface area contributed by atoms with Crippen LogP contribution in [-0.2, 0) is 30.9 Å². The number of nitrogens with one attached hydrogen (secondary N) is 2. The summed E-state index contributed by atoms with van der Waals surface area (Å²) in [6.07, 6.45) is -1.08. The van der Waals surface area contributed by atoms with E-state index in [2.05, 4.69) is 4.72 Å². The summed E-state index contributed by atoms with van der Waals surface area (Å²) >= 11 is 0. The van der Waals surface area contributed by atoms with Crippen molar-refractivity contribution < 1.29 is 27.5 Å². The Morgan fingerprint density at radius 3 is 1.96 bits per heavy atom. The molecule has 0 bridgehead atoms. The summed E-state index contributed by atoms with van der Waals surface area (Å²) in [6.45, 7) is 9.84. The molecule has 0 saturated heterocycles. The topological polar surface area (TPSA) is 111 Å². The van der Waals surface area contributed by atoms with E-state index in [0.717, 1.165) is 5.56 Å². The summed E-state index contributed by atoms with van der Waals surface area (Å²) in [7, 11) is -4.35. The van der Waals surface area contributed by atoms with Gasteiger partial charge in [-0.3, -0.25) is 4.79 Å². The predicted octanol–water partition coefficient (Wildman–Crippen LogP) is 2.30. The van der Waals surface area contributed by atoms with Crippen LogP contribution in [0.3, 0.4) is 0 Å². The van der Waals surface area contributed by atoms with E-state index >= 15 is 0 Å². The van der Waals surface area contributed by atoms with Crippen LogP contribution in [0.4, 0.5) is 4.79 Å². The standard InChI is InChI=1S/C18H28N2O6S/c1-17(2,3)25-15(21)14(12-13-10-8-7-9-11-13)19-27(23,24)20-16(22)26-18(4,5)6/h7-11,14,19H,12H2,1-6H3,(H,20,22)/t14-/m0/s1. The highest BCUT2D eigenvalue weighted by Gasteiger charge is 2.31. The van der Waals surface area contributed by atoms with Gasteiger partial charge >= 0.3 is 22.3 Å². The van der Waals surface area contributed by atoms with E-state index in [1.165, 1.54) is 0 Å². The molecule has 27 heavy (non-hydrogen) atoms. The zero-order chi connectivity index (χ0) is 20.9. The molecule has 1 aromatic rings. The van der Waals surface area contributed by atoms with Crippen LogP contribution >= 0.6 is 0 Å². The van der Waals surface area contributed by atoms with Crippen LogP contribution in [0.5, 0.6) is 0 Å². The molecule has 0 heterocycles. The van der Waals surface area contributed by atoms with Crippen molar-refractivity contribution in [3.63, 3.8) is 0 Å². The molecule has 1 amide bonds. The van der Waals surface area contributed by atoms with E-state index in [-0.39, 0.29) is 6.42 Å². The Morgan fingerprint density at radius 2 is 1.48 bits per heavy atom. The number of hydrogen-bond acceptors (Lipinski definition) is 6.